The molecule has 0 aliphatic heterocycles. The van der Waals surface area contributed by atoms with Gasteiger partial charge in [0.25, 0.3) is 0 Å². The molecule has 0 spiro atoms. The van der Waals surface area contributed by atoms with E-state index in [1.54, 1.807) is 0 Å². The van der Waals surface area contributed by atoms with Crippen molar-refractivity contribution in [3.05, 3.63) is 150 Å². The molecular formula is C46H48N2. The molecule has 0 unspecified atom stereocenters. The van der Waals surface area contributed by atoms with Crippen molar-refractivity contribution in [1.29, 1.82) is 0 Å². The average molecular weight is 629 g/mol. The zero-order valence-corrected chi connectivity index (χ0v) is 28.1. The Kier molecular flexibility index (Phi) is 7.84. The Balaban J connectivity index is 1.08. The van der Waals surface area contributed by atoms with Crippen LogP contribution in [-0.4, -0.2) is 0 Å². The van der Waals surface area contributed by atoms with Crippen LogP contribution in [0.4, 0.5) is 28.4 Å². The molecule has 48 heavy (non-hydrogen) atoms. The van der Waals surface area contributed by atoms with Gasteiger partial charge in [0, 0.05) is 33.9 Å². The summed E-state index contributed by atoms with van der Waals surface area (Å²) in [5, 5.41) is 3.62. The van der Waals surface area contributed by atoms with Gasteiger partial charge in [-0.1, -0.05) is 92.1 Å². The molecule has 5 aromatic carbocycles. The van der Waals surface area contributed by atoms with Gasteiger partial charge in [-0.25, -0.2) is 0 Å². The lowest BCUT2D eigenvalue weighted by molar-refractivity contribution is -0.0418. The Morgan fingerprint density at radius 3 is 1.52 bits per heavy atom. The molecule has 5 aromatic rings. The highest BCUT2D eigenvalue weighted by Gasteiger charge is 2.58. The Bertz CT molecular complexity index is 1770. The van der Waals surface area contributed by atoms with E-state index in [1.165, 1.54) is 98.0 Å². The molecule has 0 atom stereocenters. The fourth-order valence-electron chi connectivity index (χ4n) is 10.8. The molecule has 0 radical (unpaired) electrons. The van der Waals surface area contributed by atoms with Crippen LogP contribution in [0.2, 0.25) is 0 Å². The van der Waals surface area contributed by atoms with Crippen molar-refractivity contribution in [2.24, 2.45) is 23.7 Å². The van der Waals surface area contributed by atoms with Crippen molar-refractivity contribution < 1.29 is 0 Å². The van der Waals surface area contributed by atoms with E-state index in [0.29, 0.717) is 11.8 Å². The molecule has 5 fully saturated rings. The molecule has 2 nitrogen and oxygen atoms in total. The quantitative estimate of drug-likeness (QED) is 0.184. The van der Waals surface area contributed by atoms with Crippen LogP contribution in [0.5, 0.6) is 0 Å². The molecule has 5 aliphatic carbocycles. The second-order valence-electron chi connectivity index (χ2n) is 15.4. The third-order valence-electron chi connectivity index (χ3n) is 12.7. The minimum Gasteiger partial charge on any atom is -0.356 e. The standard InChI is InChI=1S/C46H48N2/c1-4-10-35(11-5-1)36-16-24-44(25-17-36)48(43-14-8-3-9-15-43)45-26-20-38(21-27-45)46(39-29-33-28-34(31-39)32-40(46)30-33)37-18-22-42(23-19-37)47-41-12-6-2-7-13-41/h2-3,6-9,12-27,33-35,39-40,47H,1,4-5,10-11,28-32H2. The van der Waals surface area contributed by atoms with Crippen molar-refractivity contribution in [1.82, 2.24) is 0 Å². The van der Waals surface area contributed by atoms with Crippen molar-refractivity contribution in [3.8, 4) is 0 Å². The number of nitrogens with one attached hydrogen (secondary N) is 1. The fraction of sp³-hybridized carbons (Fsp3) is 0.348. The summed E-state index contributed by atoms with van der Waals surface area (Å²) >= 11 is 0. The second-order valence-corrected chi connectivity index (χ2v) is 15.4. The summed E-state index contributed by atoms with van der Waals surface area (Å²) in [4.78, 5) is 2.45. The largest absolute Gasteiger partial charge is 0.356 e. The third kappa shape index (κ3) is 5.34. The molecule has 2 heteroatoms. The summed E-state index contributed by atoms with van der Waals surface area (Å²) in [5.41, 5.74) is 10.6. The van der Waals surface area contributed by atoms with Gasteiger partial charge in [-0.15, -0.1) is 0 Å². The normalized spacial score (nSPS) is 26.3. The number of hydrogen-bond acceptors (Lipinski definition) is 2. The predicted molar refractivity (Wildman–Crippen MR) is 201 cm³/mol. The predicted octanol–water partition coefficient (Wildman–Crippen LogP) is 12.7. The topological polar surface area (TPSA) is 15.3 Å². The van der Waals surface area contributed by atoms with Crippen LogP contribution in [-0.2, 0) is 5.41 Å². The highest BCUT2D eigenvalue weighted by atomic mass is 15.1. The number of benzene rings is 5. The summed E-state index contributed by atoms with van der Waals surface area (Å²) in [6.45, 7) is 0. The Morgan fingerprint density at radius 2 is 0.938 bits per heavy atom. The smallest absolute Gasteiger partial charge is 0.0461 e. The van der Waals surface area contributed by atoms with E-state index in [4.69, 9.17) is 0 Å². The fourth-order valence-corrected chi connectivity index (χ4v) is 10.8. The van der Waals surface area contributed by atoms with Gasteiger partial charge in [-0.05, 0) is 152 Å². The summed E-state index contributed by atoms with van der Waals surface area (Å²) in [7, 11) is 0. The van der Waals surface area contributed by atoms with Crippen molar-refractivity contribution in [2.45, 2.75) is 75.5 Å². The monoisotopic (exact) mass is 628 g/mol. The molecule has 0 saturated heterocycles. The van der Waals surface area contributed by atoms with Gasteiger partial charge in [-0.2, -0.15) is 0 Å². The van der Waals surface area contributed by atoms with Gasteiger partial charge in [0.05, 0.1) is 0 Å². The van der Waals surface area contributed by atoms with Gasteiger partial charge >= 0.3 is 0 Å². The lowest BCUT2D eigenvalue weighted by Crippen LogP contribution is -2.56. The number of nitrogens with zero attached hydrogens (tertiary/aromatic N) is 1. The number of rotatable bonds is 8. The molecule has 242 valence electrons. The second kappa shape index (κ2) is 12.6. The van der Waals surface area contributed by atoms with Crippen LogP contribution in [0, 0.1) is 23.7 Å². The van der Waals surface area contributed by atoms with E-state index in [0.717, 1.165) is 29.1 Å². The third-order valence-corrected chi connectivity index (χ3v) is 12.7. The highest BCUT2D eigenvalue weighted by molar-refractivity contribution is 5.77. The first-order chi connectivity index (χ1) is 23.7. The maximum absolute atomic E-state index is 3.62. The number of para-hydroxylation sites is 2. The Morgan fingerprint density at radius 1 is 0.458 bits per heavy atom. The minimum atomic E-state index is 0.0798. The molecule has 0 amide bonds. The molecule has 5 saturated carbocycles. The van der Waals surface area contributed by atoms with E-state index in [-0.39, 0.29) is 5.41 Å². The lowest BCUT2D eigenvalue weighted by atomic mass is 9.42. The van der Waals surface area contributed by atoms with Crippen molar-refractivity contribution >= 4 is 28.4 Å². The van der Waals surface area contributed by atoms with E-state index < -0.39 is 0 Å². The molecular weight excluding hydrogens is 581 g/mol. The van der Waals surface area contributed by atoms with Gasteiger partial charge in [0.2, 0.25) is 0 Å². The van der Waals surface area contributed by atoms with Crippen LogP contribution in [0.25, 0.3) is 0 Å². The lowest BCUT2D eigenvalue weighted by Gasteiger charge is -2.62. The van der Waals surface area contributed by atoms with Crippen LogP contribution < -0.4 is 10.2 Å². The molecule has 4 bridgehead atoms. The molecule has 0 heterocycles. The first kappa shape index (κ1) is 29.8. The van der Waals surface area contributed by atoms with E-state index in [9.17, 15) is 0 Å². The van der Waals surface area contributed by atoms with Crippen LogP contribution in [0.3, 0.4) is 0 Å². The summed E-state index contributed by atoms with van der Waals surface area (Å²) in [6.07, 6.45) is 13.8. The summed E-state index contributed by atoms with van der Waals surface area (Å²) in [6, 6.07) is 50.3. The highest BCUT2D eigenvalue weighted by Crippen LogP contribution is 2.65. The maximum Gasteiger partial charge on any atom is 0.0461 e. The molecule has 10 rings (SSSR count). The van der Waals surface area contributed by atoms with E-state index in [2.05, 4.69) is 144 Å². The van der Waals surface area contributed by atoms with Gasteiger partial charge in [0.15, 0.2) is 0 Å². The molecule has 5 aliphatic rings. The first-order valence-corrected chi connectivity index (χ1v) is 18.7. The SMILES string of the molecule is c1ccc(Nc2ccc(C3(c4ccc(N(c5ccccc5)c5ccc(C6CCCCC6)cc5)cc4)C4CC5CC(C4)CC3C5)cc2)cc1. The van der Waals surface area contributed by atoms with Crippen LogP contribution >= 0.6 is 0 Å². The van der Waals surface area contributed by atoms with Crippen molar-refractivity contribution in [2.75, 3.05) is 10.2 Å². The summed E-state index contributed by atoms with van der Waals surface area (Å²) in [5.74, 6) is 3.99. The van der Waals surface area contributed by atoms with Gasteiger partial charge in [-0.3, -0.25) is 0 Å². The summed E-state index contributed by atoms with van der Waals surface area (Å²) < 4.78 is 0. The Labute approximate surface area is 287 Å². The van der Waals surface area contributed by atoms with Crippen LogP contribution in [0.1, 0.15) is 86.8 Å². The molecule has 1 N–H and O–H groups in total. The molecule has 0 aromatic heterocycles. The minimum absolute atomic E-state index is 0.0798. The van der Waals surface area contributed by atoms with Gasteiger partial charge in [0.1, 0.15) is 0 Å². The van der Waals surface area contributed by atoms with Crippen LogP contribution in [0.15, 0.2) is 133 Å². The number of anilines is 5. The first-order valence-electron chi connectivity index (χ1n) is 18.7. The van der Waals surface area contributed by atoms with Crippen molar-refractivity contribution in [3.63, 3.8) is 0 Å². The Hall–Kier alpha value is -4.30. The average Bonchev–Trinajstić information content (AvgIpc) is 3.14. The zero-order chi connectivity index (χ0) is 31.9. The van der Waals surface area contributed by atoms with Gasteiger partial charge < -0.3 is 10.2 Å². The van der Waals surface area contributed by atoms with E-state index in [1.807, 2.05) is 0 Å². The zero-order valence-electron chi connectivity index (χ0n) is 28.1. The maximum atomic E-state index is 3.62. The number of hydrogen-bond donors (Lipinski definition) is 1. The van der Waals surface area contributed by atoms with E-state index >= 15 is 0 Å².